The zero-order valence-electron chi connectivity index (χ0n) is 20.8. The number of hydrogen-bond acceptors (Lipinski definition) is 6. The van der Waals surface area contributed by atoms with Gasteiger partial charge in [-0.25, -0.2) is 0 Å². The van der Waals surface area contributed by atoms with E-state index in [0.717, 1.165) is 50.9 Å². The third-order valence-corrected chi connectivity index (χ3v) is 7.12. The smallest absolute Gasteiger partial charge is 0.232 e. The summed E-state index contributed by atoms with van der Waals surface area (Å²) in [6.45, 7) is 6.50. The highest BCUT2D eigenvalue weighted by Gasteiger charge is 2.21. The maximum atomic E-state index is 5.59. The Bertz CT molecular complexity index is 1110. The van der Waals surface area contributed by atoms with Crippen LogP contribution in [0, 0.1) is 0 Å². The van der Waals surface area contributed by atoms with Crippen LogP contribution in [0.3, 0.4) is 0 Å². The molecule has 0 saturated carbocycles. The maximum absolute atomic E-state index is 5.59. The van der Waals surface area contributed by atoms with Gasteiger partial charge in [-0.15, -0.1) is 0 Å². The van der Waals surface area contributed by atoms with E-state index >= 15 is 0 Å². The van der Waals surface area contributed by atoms with E-state index in [1.807, 2.05) is 18.2 Å². The molecule has 0 atom stereocenters. The highest BCUT2D eigenvalue weighted by atomic mass is 32.1. The third kappa shape index (κ3) is 6.43. The summed E-state index contributed by atoms with van der Waals surface area (Å²) in [5.41, 5.74) is 2.46. The largest absolute Gasteiger partial charge is 0.368 e. The summed E-state index contributed by atoms with van der Waals surface area (Å²) in [5, 5.41) is 7.08. The summed E-state index contributed by atoms with van der Waals surface area (Å²) in [6, 6.07) is 23.1. The molecule has 2 aliphatic heterocycles. The van der Waals surface area contributed by atoms with Crippen molar-refractivity contribution in [3.8, 4) is 0 Å². The van der Waals surface area contributed by atoms with Crippen molar-refractivity contribution in [2.45, 2.75) is 32.2 Å². The van der Waals surface area contributed by atoms with E-state index in [0.29, 0.717) is 17.6 Å². The Morgan fingerprint density at radius 3 is 1.89 bits per heavy atom. The number of piperazine rings is 1. The summed E-state index contributed by atoms with van der Waals surface area (Å²) in [6.07, 6.45) is 4.98. The molecule has 5 rings (SSSR count). The van der Waals surface area contributed by atoms with Gasteiger partial charge in [0.15, 0.2) is 5.11 Å². The molecule has 2 aromatic carbocycles. The van der Waals surface area contributed by atoms with Crippen LogP contribution in [0.1, 0.15) is 31.2 Å². The van der Waals surface area contributed by atoms with E-state index < -0.39 is 0 Å². The average molecular weight is 502 g/mol. The zero-order chi connectivity index (χ0) is 24.6. The quantitative estimate of drug-likeness (QED) is 0.473. The highest BCUT2D eigenvalue weighted by molar-refractivity contribution is 7.80. The molecule has 0 spiro atoms. The summed E-state index contributed by atoms with van der Waals surface area (Å²) in [5.74, 6) is 2.51. The Kier molecular flexibility index (Phi) is 8.13. The molecule has 2 N–H and O–H groups in total. The Labute approximate surface area is 219 Å². The molecule has 188 valence electrons. The van der Waals surface area contributed by atoms with Crippen molar-refractivity contribution in [2.24, 2.45) is 0 Å². The van der Waals surface area contributed by atoms with Crippen LogP contribution >= 0.6 is 12.2 Å². The lowest BCUT2D eigenvalue weighted by Gasteiger charge is -2.37. The number of anilines is 4. The topological polar surface area (TPSA) is 59.6 Å². The van der Waals surface area contributed by atoms with Crippen molar-refractivity contribution in [1.29, 1.82) is 0 Å². The molecule has 0 unspecified atom stereocenters. The number of hydrogen-bond donors (Lipinski definition) is 2. The van der Waals surface area contributed by atoms with Crippen LogP contribution in [-0.4, -0.2) is 54.3 Å². The van der Waals surface area contributed by atoms with Crippen molar-refractivity contribution >= 4 is 40.6 Å². The Morgan fingerprint density at radius 1 is 0.694 bits per heavy atom. The Morgan fingerprint density at radius 2 is 1.25 bits per heavy atom. The van der Waals surface area contributed by atoms with Gasteiger partial charge in [-0.2, -0.15) is 9.97 Å². The third-order valence-electron chi connectivity index (χ3n) is 6.88. The van der Waals surface area contributed by atoms with Crippen molar-refractivity contribution in [3.63, 3.8) is 0 Å². The lowest BCUT2D eigenvalue weighted by Crippen LogP contribution is -2.47. The number of aromatic nitrogens is 2. The van der Waals surface area contributed by atoms with Crippen LogP contribution in [-0.2, 0) is 6.54 Å². The highest BCUT2D eigenvalue weighted by Crippen LogP contribution is 2.25. The first-order chi connectivity index (χ1) is 17.7. The summed E-state index contributed by atoms with van der Waals surface area (Å²) in [4.78, 5) is 17.0. The fraction of sp³-hybridized carbons (Fsp3) is 0.393. The first-order valence-corrected chi connectivity index (χ1v) is 13.4. The maximum Gasteiger partial charge on any atom is 0.232 e. The SMILES string of the molecule is S=C(NCc1ccccc1)Nc1nc(N2CCCCCC2)cc(N2CCN(c3ccccc3)CC2)n1. The van der Waals surface area contributed by atoms with Crippen molar-refractivity contribution in [3.05, 3.63) is 72.3 Å². The second-order valence-corrected chi connectivity index (χ2v) is 9.82. The van der Waals surface area contributed by atoms with Gasteiger partial charge in [0.1, 0.15) is 11.6 Å². The molecule has 2 fully saturated rings. The first kappa shape index (κ1) is 24.3. The second-order valence-electron chi connectivity index (χ2n) is 9.41. The number of nitrogens with zero attached hydrogens (tertiary/aromatic N) is 5. The molecular formula is C28H35N7S. The minimum Gasteiger partial charge on any atom is -0.368 e. The van der Waals surface area contributed by atoms with Crippen LogP contribution < -0.4 is 25.3 Å². The summed E-state index contributed by atoms with van der Waals surface area (Å²) >= 11 is 5.59. The number of benzene rings is 2. The molecule has 0 aliphatic carbocycles. The lowest BCUT2D eigenvalue weighted by molar-refractivity contribution is 0.646. The molecule has 0 radical (unpaired) electrons. The van der Waals surface area contributed by atoms with E-state index in [1.165, 1.54) is 36.9 Å². The fourth-order valence-electron chi connectivity index (χ4n) is 4.86. The molecular weight excluding hydrogens is 466 g/mol. The molecule has 8 heteroatoms. The number of nitrogens with one attached hydrogen (secondary N) is 2. The van der Waals surface area contributed by atoms with Gasteiger partial charge in [0.2, 0.25) is 5.95 Å². The predicted molar refractivity (Wildman–Crippen MR) is 153 cm³/mol. The van der Waals surface area contributed by atoms with Gasteiger partial charge in [0.25, 0.3) is 0 Å². The Balaban J connectivity index is 1.30. The Hall–Kier alpha value is -3.39. The monoisotopic (exact) mass is 501 g/mol. The minimum atomic E-state index is 0.534. The van der Waals surface area contributed by atoms with Crippen molar-refractivity contribution < 1.29 is 0 Å². The normalized spacial score (nSPS) is 16.4. The standard InChI is InChI=1S/C28H35N7S/c36-28(29-22-23-11-5-3-6-12-23)32-27-30-25(34-15-9-1-2-10-16-34)21-26(31-27)35-19-17-33(18-20-35)24-13-7-4-8-14-24/h3-8,11-14,21H,1-2,9-10,15-20,22H2,(H2,29,30,31,32,36). The van der Waals surface area contributed by atoms with Crippen LogP contribution in [0.15, 0.2) is 66.7 Å². The second kappa shape index (κ2) is 12.0. The van der Waals surface area contributed by atoms with Gasteiger partial charge in [-0.05, 0) is 42.8 Å². The molecule has 3 aromatic rings. The van der Waals surface area contributed by atoms with Crippen molar-refractivity contribution in [2.75, 3.05) is 59.3 Å². The van der Waals surface area contributed by atoms with E-state index in [2.05, 4.69) is 73.9 Å². The average Bonchev–Trinajstić information content (AvgIpc) is 3.23. The molecule has 7 nitrogen and oxygen atoms in total. The molecule has 2 saturated heterocycles. The van der Waals surface area contributed by atoms with E-state index in [9.17, 15) is 0 Å². The molecule has 0 bridgehead atoms. The van der Waals surface area contributed by atoms with Gasteiger partial charge in [-0.3, -0.25) is 0 Å². The summed E-state index contributed by atoms with van der Waals surface area (Å²) < 4.78 is 0. The van der Waals surface area contributed by atoms with Crippen LogP contribution in [0.25, 0.3) is 0 Å². The number of para-hydroxylation sites is 1. The zero-order valence-corrected chi connectivity index (χ0v) is 21.6. The van der Waals surface area contributed by atoms with Gasteiger partial charge < -0.3 is 25.3 Å². The van der Waals surface area contributed by atoms with Crippen LogP contribution in [0.4, 0.5) is 23.3 Å². The predicted octanol–water partition coefficient (Wildman–Crippen LogP) is 4.67. The molecule has 2 aliphatic rings. The molecule has 36 heavy (non-hydrogen) atoms. The van der Waals surface area contributed by atoms with E-state index in [-0.39, 0.29) is 0 Å². The van der Waals surface area contributed by atoms with Crippen LogP contribution in [0.2, 0.25) is 0 Å². The molecule has 3 heterocycles. The van der Waals surface area contributed by atoms with Gasteiger partial charge >= 0.3 is 0 Å². The fourth-order valence-corrected chi connectivity index (χ4v) is 5.02. The molecule has 0 amide bonds. The van der Waals surface area contributed by atoms with Crippen LogP contribution in [0.5, 0.6) is 0 Å². The van der Waals surface area contributed by atoms with Gasteiger partial charge in [-0.1, -0.05) is 61.4 Å². The van der Waals surface area contributed by atoms with E-state index in [1.54, 1.807) is 0 Å². The van der Waals surface area contributed by atoms with Gasteiger partial charge in [0.05, 0.1) is 0 Å². The summed E-state index contributed by atoms with van der Waals surface area (Å²) in [7, 11) is 0. The van der Waals surface area contributed by atoms with E-state index in [4.69, 9.17) is 22.2 Å². The van der Waals surface area contributed by atoms with Crippen molar-refractivity contribution in [1.82, 2.24) is 15.3 Å². The first-order valence-electron chi connectivity index (χ1n) is 13.0. The molecule has 1 aromatic heterocycles. The minimum absolute atomic E-state index is 0.534. The number of thiocarbonyl (C=S) groups is 1. The number of rotatable bonds is 6. The van der Waals surface area contributed by atoms with Gasteiger partial charge in [0, 0.05) is 57.6 Å². The lowest BCUT2D eigenvalue weighted by atomic mass is 10.2.